The van der Waals surface area contributed by atoms with Crippen LogP contribution in [0.5, 0.6) is 0 Å². The molecule has 0 aromatic rings. The average molecular weight is 364 g/mol. The van der Waals surface area contributed by atoms with E-state index in [-0.39, 0.29) is 29.1 Å². The van der Waals surface area contributed by atoms with Gasteiger partial charge in [0.25, 0.3) is 0 Å². The summed E-state index contributed by atoms with van der Waals surface area (Å²) in [6.07, 6.45) is 6.92. The van der Waals surface area contributed by atoms with Crippen molar-refractivity contribution in [2.24, 2.45) is 46.3 Å². The zero-order chi connectivity index (χ0) is 18.9. The van der Waals surface area contributed by atoms with Gasteiger partial charge in [-0.1, -0.05) is 26.7 Å². The summed E-state index contributed by atoms with van der Waals surface area (Å²) in [5, 5.41) is 32.8. The summed E-state index contributed by atoms with van der Waals surface area (Å²) in [7, 11) is 0. The third kappa shape index (κ3) is 2.49. The Morgan fingerprint density at radius 3 is 2.42 bits per heavy atom. The minimum Gasteiger partial charge on any atom is -0.393 e. The smallest absolute Gasteiger partial charge is 0.0602 e. The minimum absolute atomic E-state index is 0.0728. The Balaban J connectivity index is 1.68. The van der Waals surface area contributed by atoms with Gasteiger partial charge in [-0.2, -0.15) is 6.42 Å². The predicted octanol–water partition coefficient (Wildman–Crippen LogP) is 3.81. The fraction of sp³-hybridized carbons (Fsp3) is 0.957. The second kappa shape index (κ2) is 6.46. The van der Waals surface area contributed by atoms with Gasteiger partial charge in [-0.15, -0.1) is 0 Å². The first-order valence-corrected chi connectivity index (χ1v) is 11.1. The van der Waals surface area contributed by atoms with Crippen LogP contribution in [-0.2, 0) is 0 Å². The van der Waals surface area contributed by atoms with Gasteiger partial charge < -0.3 is 22.2 Å². The first-order chi connectivity index (χ1) is 12.2. The molecule has 0 aliphatic heterocycles. The molecule has 0 unspecified atom stereocenters. The zero-order valence-electron chi connectivity index (χ0n) is 16.9. The second-order valence-electron chi connectivity index (χ2n) is 10.8. The van der Waals surface area contributed by atoms with Crippen LogP contribution >= 0.6 is 0 Å². The fourth-order valence-corrected chi connectivity index (χ4v) is 8.33. The van der Waals surface area contributed by atoms with Crippen LogP contribution in [0.4, 0.5) is 0 Å². The van der Waals surface area contributed by atoms with E-state index in [1.165, 1.54) is 6.42 Å². The van der Waals surface area contributed by atoms with E-state index in [1.54, 1.807) is 0 Å². The monoisotopic (exact) mass is 363 g/mol. The highest BCUT2D eigenvalue weighted by molar-refractivity contribution is 5.14. The van der Waals surface area contributed by atoms with Gasteiger partial charge in [0.1, 0.15) is 0 Å². The molecular formula is C23H39O3-. The first kappa shape index (κ1) is 19.2. The number of hydrogen-bond donors (Lipinski definition) is 3. The zero-order valence-corrected chi connectivity index (χ0v) is 16.9. The maximum absolute atomic E-state index is 11.4. The lowest BCUT2D eigenvalue weighted by Gasteiger charge is -2.63. The molecule has 26 heavy (non-hydrogen) atoms. The average Bonchev–Trinajstić information content (AvgIpc) is 2.95. The summed E-state index contributed by atoms with van der Waals surface area (Å²) in [5.74, 6) is 2.59. The van der Waals surface area contributed by atoms with Crippen LogP contribution in [-0.4, -0.2) is 33.6 Å². The molecule has 150 valence electrons. The van der Waals surface area contributed by atoms with Crippen molar-refractivity contribution in [2.45, 2.75) is 90.4 Å². The molecule has 4 aliphatic rings. The van der Waals surface area contributed by atoms with Gasteiger partial charge in [-0.05, 0) is 85.4 Å². The Hall–Kier alpha value is -0.120. The van der Waals surface area contributed by atoms with Crippen molar-refractivity contribution in [1.82, 2.24) is 0 Å². The lowest BCUT2D eigenvalue weighted by atomic mass is 9.43. The molecular weight excluding hydrogens is 324 g/mol. The van der Waals surface area contributed by atoms with Gasteiger partial charge in [-0.3, -0.25) is 0 Å². The molecule has 0 aromatic carbocycles. The van der Waals surface area contributed by atoms with Crippen molar-refractivity contribution in [3.05, 3.63) is 6.92 Å². The van der Waals surface area contributed by atoms with Gasteiger partial charge >= 0.3 is 0 Å². The van der Waals surface area contributed by atoms with Crippen LogP contribution in [0.25, 0.3) is 0 Å². The topological polar surface area (TPSA) is 60.7 Å². The molecule has 0 heterocycles. The minimum atomic E-state index is -0.273. The Kier molecular flexibility index (Phi) is 4.77. The predicted molar refractivity (Wildman–Crippen MR) is 103 cm³/mol. The summed E-state index contributed by atoms with van der Waals surface area (Å²) in [4.78, 5) is 0. The van der Waals surface area contributed by atoms with Crippen molar-refractivity contribution in [2.75, 3.05) is 0 Å². The van der Waals surface area contributed by atoms with E-state index in [0.29, 0.717) is 35.5 Å². The van der Waals surface area contributed by atoms with Crippen molar-refractivity contribution < 1.29 is 15.3 Å². The molecule has 0 aromatic heterocycles. The Morgan fingerprint density at radius 1 is 1.00 bits per heavy atom. The van der Waals surface area contributed by atoms with E-state index in [1.807, 2.05) is 0 Å². The van der Waals surface area contributed by atoms with Crippen LogP contribution in [0.1, 0.15) is 72.1 Å². The van der Waals surface area contributed by atoms with E-state index in [4.69, 9.17) is 0 Å². The molecule has 0 radical (unpaired) electrons. The highest BCUT2D eigenvalue weighted by atomic mass is 16.3. The highest BCUT2D eigenvalue weighted by Gasteiger charge is 2.65. The molecule has 4 aliphatic carbocycles. The lowest BCUT2D eigenvalue weighted by Crippen LogP contribution is -2.62. The number of fused-ring (bicyclic) bond motifs is 5. The highest BCUT2D eigenvalue weighted by Crippen LogP contribution is 2.68. The van der Waals surface area contributed by atoms with Crippen molar-refractivity contribution >= 4 is 0 Å². The van der Waals surface area contributed by atoms with E-state index >= 15 is 0 Å². The maximum atomic E-state index is 11.4. The van der Waals surface area contributed by atoms with Gasteiger partial charge in [0.05, 0.1) is 18.3 Å². The molecule has 4 saturated carbocycles. The van der Waals surface area contributed by atoms with E-state index < -0.39 is 0 Å². The van der Waals surface area contributed by atoms with Gasteiger partial charge in [-0.25, -0.2) is 0 Å². The molecule has 3 heteroatoms. The first-order valence-electron chi connectivity index (χ1n) is 11.1. The van der Waals surface area contributed by atoms with E-state index in [9.17, 15) is 15.3 Å². The summed E-state index contributed by atoms with van der Waals surface area (Å²) >= 11 is 0. The van der Waals surface area contributed by atoms with Gasteiger partial charge in [0, 0.05) is 0 Å². The molecule has 11 atom stereocenters. The summed E-state index contributed by atoms with van der Waals surface area (Å²) in [6.45, 7) is 11.1. The SMILES string of the molecule is [CH2-]C[C@@H](C)[C@H]1CC[C@H]2[C@@H]3[C@H](O)C[C@@H]4C[C@H](O)CC[C@]4(C)[C@H]3C[C@H](O)[C@]12C. The Morgan fingerprint density at radius 2 is 1.73 bits per heavy atom. The maximum Gasteiger partial charge on any atom is 0.0602 e. The summed E-state index contributed by atoms with van der Waals surface area (Å²) in [5.41, 5.74) is 0.0953. The quantitative estimate of drug-likeness (QED) is 0.654. The summed E-state index contributed by atoms with van der Waals surface area (Å²) < 4.78 is 0. The molecule has 0 bridgehead atoms. The van der Waals surface area contributed by atoms with E-state index in [2.05, 4.69) is 27.7 Å². The number of aliphatic hydroxyl groups is 3. The molecule has 0 saturated heterocycles. The van der Waals surface area contributed by atoms with Gasteiger partial charge in [0.2, 0.25) is 0 Å². The lowest BCUT2D eigenvalue weighted by molar-refractivity contribution is -0.206. The Labute approximate surface area is 159 Å². The van der Waals surface area contributed by atoms with Crippen LogP contribution < -0.4 is 0 Å². The molecule has 0 amide bonds. The van der Waals surface area contributed by atoms with Crippen molar-refractivity contribution in [1.29, 1.82) is 0 Å². The molecule has 3 nitrogen and oxygen atoms in total. The Bertz CT molecular complexity index is 536. The standard InChI is InChI=1S/C23H39O3/c1-5-13(2)16-6-7-17-21-18(12-20(26)23(16,17)4)22(3)9-8-15(24)10-14(22)11-19(21)25/h13-21,24-26H,1,5-12H2,2-4H3/q-1/t13-,14+,15-,16-,17+,18+,19-,20+,21+,22+,23-/m1/s1. The molecule has 0 spiro atoms. The fourth-order valence-electron chi connectivity index (χ4n) is 8.33. The largest absolute Gasteiger partial charge is 0.393 e. The van der Waals surface area contributed by atoms with Crippen molar-refractivity contribution in [3.63, 3.8) is 0 Å². The normalized spacial score (nSPS) is 57.8. The third-order valence-electron chi connectivity index (χ3n) is 9.98. The molecule has 4 fully saturated rings. The van der Waals surface area contributed by atoms with E-state index in [0.717, 1.165) is 44.9 Å². The number of hydrogen-bond acceptors (Lipinski definition) is 3. The van der Waals surface area contributed by atoms with Crippen LogP contribution in [0.3, 0.4) is 0 Å². The summed E-state index contributed by atoms with van der Waals surface area (Å²) in [6, 6.07) is 0. The second-order valence-corrected chi connectivity index (χ2v) is 10.8. The third-order valence-corrected chi connectivity index (χ3v) is 9.98. The number of aliphatic hydroxyl groups excluding tert-OH is 3. The van der Waals surface area contributed by atoms with Gasteiger partial charge in [0.15, 0.2) is 0 Å². The van der Waals surface area contributed by atoms with Crippen LogP contribution in [0.2, 0.25) is 0 Å². The van der Waals surface area contributed by atoms with Crippen molar-refractivity contribution in [3.8, 4) is 0 Å². The number of rotatable bonds is 2. The molecule has 3 N–H and O–H groups in total. The van der Waals surface area contributed by atoms with Crippen LogP contribution in [0.15, 0.2) is 0 Å². The van der Waals surface area contributed by atoms with Crippen LogP contribution in [0, 0.1) is 53.3 Å². The molecule has 4 rings (SSSR count).